The van der Waals surface area contributed by atoms with Gasteiger partial charge in [0.05, 0.1) is 16.9 Å². The maximum Gasteiger partial charge on any atom is 0.335 e. The Kier molecular flexibility index (Phi) is 13.6. The smallest absolute Gasteiger partial charge is 0.335 e. The fourth-order valence-corrected chi connectivity index (χ4v) is 10.7. The first-order valence-electron chi connectivity index (χ1n) is 19.6. The van der Waals surface area contributed by atoms with Crippen LogP contribution in [0, 0.1) is 12.8 Å². The van der Waals surface area contributed by atoms with Gasteiger partial charge in [-0.2, -0.15) is 0 Å². The van der Waals surface area contributed by atoms with Gasteiger partial charge in [-0.1, -0.05) is 88.1 Å². The van der Waals surface area contributed by atoms with Crippen LogP contribution in [0.2, 0.25) is 0 Å². The van der Waals surface area contributed by atoms with Gasteiger partial charge in [0, 0.05) is 28.7 Å². The Bertz CT molecular complexity index is 1860. The summed E-state index contributed by atoms with van der Waals surface area (Å²) in [6.07, 6.45) is 27.5. The van der Waals surface area contributed by atoms with Crippen molar-refractivity contribution >= 4 is 52.5 Å². The van der Waals surface area contributed by atoms with Crippen LogP contribution in [0.5, 0.6) is 0 Å². The highest BCUT2D eigenvalue weighted by Gasteiger charge is 2.29. The van der Waals surface area contributed by atoms with Crippen LogP contribution in [-0.2, 0) is 22.4 Å². The SMILES string of the molecule is CCCCSc1ccc2c3c1CC(NC(=O)CC)C=C3C=CC2.Cc1cc(C(=O)O)cc2c1C(CCCNC(=O)C1CCCCC1)=C1C=CC=CC1S2. The van der Waals surface area contributed by atoms with Crippen LogP contribution < -0.4 is 10.6 Å². The summed E-state index contributed by atoms with van der Waals surface area (Å²) in [4.78, 5) is 38.2. The number of allylic oxidation sites excluding steroid dienone is 7. The molecule has 2 aromatic carbocycles. The fraction of sp³-hybridized carbons (Fsp3) is 0.444. The number of carbonyl (C=O) groups is 3. The van der Waals surface area contributed by atoms with Crippen molar-refractivity contribution in [2.45, 2.75) is 119 Å². The van der Waals surface area contributed by atoms with Crippen molar-refractivity contribution in [3.63, 3.8) is 0 Å². The van der Waals surface area contributed by atoms with Gasteiger partial charge in [-0.3, -0.25) is 9.59 Å². The zero-order chi connectivity index (χ0) is 37.3. The molecule has 6 nitrogen and oxygen atoms in total. The molecule has 3 N–H and O–H groups in total. The Morgan fingerprint density at radius 1 is 1.00 bits per heavy atom. The van der Waals surface area contributed by atoms with Gasteiger partial charge in [-0.05, 0) is 120 Å². The number of rotatable bonds is 12. The number of thioether (sulfide) groups is 2. The number of nitrogens with one attached hydrogen (secondary N) is 2. The number of carbonyl (C=O) groups excluding carboxylic acids is 2. The van der Waals surface area contributed by atoms with E-state index in [1.54, 1.807) is 17.8 Å². The molecule has 0 aromatic heterocycles. The molecule has 5 aliphatic rings. The van der Waals surface area contributed by atoms with Crippen molar-refractivity contribution in [2.24, 2.45) is 5.92 Å². The van der Waals surface area contributed by atoms with Crippen molar-refractivity contribution in [3.05, 3.63) is 106 Å². The lowest BCUT2D eigenvalue weighted by atomic mass is 9.81. The molecule has 2 aromatic rings. The van der Waals surface area contributed by atoms with Gasteiger partial charge in [0.1, 0.15) is 0 Å². The average Bonchev–Trinajstić information content (AvgIpc) is 3.17. The van der Waals surface area contributed by atoms with Crippen molar-refractivity contribution in [3.8, 4) is 0 Å². The number of aryl methyl sites for hydroxylation is 1. The number of benzene rings is 2. The van der Waals surface area contributed by atoms with Gasteiger partial charge in [-0.15, -0.1) is 23.5 Å². The molecule has 53 heavy (non-hydrogen) atoms. The van der Waals surface area contributed by atoms with Gasteiger partial charge in [0.25, 0.3) is 0 Å². The van der Waals surface area contributed by atoms with Crippen molar-refractivity contribution in [2.75, 3.05) is 12.3 Å². The zero-order valence-corrected chi connectivity index (χ0v) is 33.1. The average molecular weight is 751 g/mol. The highest BCUT2D eigenvalue weighted by atomic mass is 32.2. The second-order valence-electron chi connectivity index (χ2n) is 14.7. The lowest BCUT2D eigenvalue weighted by Crippen LogP contribution is -2.36. The third kappa shape index (κ3) is 9.50. The minimum Gasteiger partial charge on any atom is -0.478 e. The maximum absolute atomic E-state index is 12.4. The standard InChI is InChI=1S/C25H29NO3S.C20H25NOS/c1-16-14-18(25(28)29)15-22-23(16)20(19-10-5-6-12-21(19)30-22)11-7-13-26-24(27)17-8-3-2-4-9-17;1-3-5-11-23-18-10-9-14-7-6-8-15-12-16(21-19(22)4-2)13-17(18)20(14)15/h5-6,10,12,14-15,17,21H,2-4,7-9,11,13H2,1H3,(H,26,27)(H,28,29);6,8-10,12,16H,3-5,7,11,13H2,1-2H3,(H,21,22). The molecular weight excluding hydrogens is 697 g/mol. The van der Waals surface area contributed by atoms with E-state index in [1.807, 2.05) is 31.7 Å². The van der Waals surface area contributed by atoms with Gasteiger partial charge in [0.2, 0.25) is 11.8 Å². The normalized spacial score (nSPS) is 19.6. The lowest BCUT2D eigenvalue weighted by Gasteiger charge is -2.30. The van der Waals surface area contributed by atoms with Crippen LogP contribution >= 0.6 is 23.5 Å². The first kappa shape index (κ1) is 39.0. The van der Waals surface area contributed by atoms with Gasteiger partial charge < -0.3 is 15.7 Å². The molecule has 8 heteroatoms. The molecule has 2 amide bonds. The summed E-state index contributed by atoms with van der Waals surface area (Å²) in [6.45, 7) is 6.83. The van der Waals surface area contributed by atoms with E-state index in [-0.39, 0.29) is 29.0 Å². The molecular formula is C45H54N2O4S2. The minimum absolute atomic E-state index is 0.119. The lowest BCUT2D eigenvalue weighted by molar-refractivity contribution is -0.126. The van der Waals surface area contributed by atoms with Crippen molar-refractivity contribution in [1.29, 1.82) is 0 Å². The minimum atomic E-state index is -0.887. The molecule has 7 rings (SSSR count). The topological polar surface area (TPSA) is 95.5 Å². The van der Waals surface area contributed by atoms with E-state index in [1.165, 1.54) is 81.7 Å². The summed E-state index contributed by atoms with van der Waals surface area (Å²) < 4.78 is 0. The molecule has 0 saturated heterocycles. The van der Waals surface area contributed by atoms with Crippen LogP contribution in [0.25, 0.3) is 11.1 Å². The number of unbranched alkanes of at least 4 members (excludes halogenated alkanes) is 1. The number of aromatic carboxylic acids is 1. The van der Waals surface area contributed by atoms with Gasteiger partial charge in [0.15, 0.2) is 0 Å². The van der Waals surface area contributed by atoms with Crippen LogP contribution in [0.1, 0.15) is 116 Å². The first-order valence-corrected chi connectivity index (χ1v) is 21.5. The fourth-order valence-electron chi connectivity index (χ4n) is 8.10. The van der Waals surface area contributed by atoms with Gasteiger partial charge >= 0.3 is 5.97 Å². The third-order valence-corrected chi connectivity index (χ3v) is 13.2. The van der Waals surface area contributed by atoms with E-state index in [0.29, 0.717) is 18.5 Å². The summed E-state index contributed by atoms with van der Waals surface area (Å²) in [6, 6.07) is 8.28. The molecule has 2 atom stereocenters. The maximum atomic E-state index is 12.4. The predicted octanol–water partition coefficient (Wildman–Crippen LogP) is 10.0. The molecule has 0 radical (unpaired) electrons. The van der Waals surface area contributed by atoms with Crippen LogP contribution in [0.3, 0.4) is 0 Å². The molecule has 1 aliphatic heterocycles. The monoisotopic (exact) mass is 750 g/mol. The Morgan fingerprint density at radius 3 is 2.60 bits per heavy atom. The molecule has 1 heterocycles. The van der Waals surface area contributed by atoms with E-state index >= 15 is 0 Å². The predicted molar refractivity (Wildman–Crippen MR) is 221 cm³/mol. The summed E-state index contributed by atoms with van der Waals surface area (Å²) in [5, 5.41) is 16.0. The number of carboxylic acid groups (broad SMARTS) is 1. The molecule has 1 fully saturated rings. The molecule has 1 saturated carbocycles. The second-order valence-corrected chi connectivity index (χ2v) is 17.0. The molecule has 280 valence electrons. The zero-order valence-electron chi connectivity index (χ0n) is 31.5. The van der Waals surface area contributed by atoms with E-state index < -0.39 is 5.97 Å². The molecule has 0 bridgehead atoms. The largest absolute Gasteiger partial charge is 0.478 e. The first-order chi connectivity index (χ1) is 25.8. The molecule has 4 aliphatic carbocycles. The number of fused-ring (bicyclic) bond motifs is 2. The third-order valence-electron chi connectivity index (χ3n) is 10.8. The van der Waals surface area contributed by atoms with E-state index in [0.717, 1.165) is 49.0 Å². The van der Waals surface area contributed by atoms with E-state index in [9.17, 15) is 19.5 Å². The Morgan fingerprint density at radius 2 is 1.83 bits per heavy atom. The summed E-state index contributed by atoms with van der Waals surface area (Å²) in [5.74, 6) is 0.824. The Labute approximate surface area is 324 Å². The molecule has 0 spiro atoms. The van der Waals surface area contributed by atoms with Crippen LogP contribution in [-0.4, -0.2) is 46.5 Å². The van der Waals surface area contributed by atoms with Crippen LogP contribution in [0.4, 0.5) is 0 Å². The number of hydrogen-bond donors (Lipinski definition) is 3. The number of hydrogen-bond acceptors (Lipinski definition) is 5. The number of carboxylic acids is 1. The highest BCUT2D eigenvalue weighted by molar-refractivity contribution is 8.00. The molecule has 2 unspecified atom stereocenters. The van der Waals surface area contributed by atoms with E-state index in [2.05, 4.69) is 72.2 Å². The summed E-state index contributed by atoms with van der Waals surface area (Å²) >= 11 is 3.69. The van der Waals surface area contributed by atoms with Crippen LogP contribution in [0.15, 0.2) is 82.2 Å². The summed E-state index contributed by atoms with van der Waals surface area (Å²) in [5.41, 5.74) is 10.7. The quantitative estimate of drug-likeness (QED) is 0.148. The van der Waals surface area contributed by atoms with E-state index in [4.69, 9.17) is 0 Å². The van der Waals surface area contributed by atoms with Crippen molar-refractivity contribution in [1.82, 2.24) is 10.6 Å². The summed E-state index contributed by atoms with van der Waals surface area (Å²) in [7, 11) is 0. The Balaban J connectivity index is 0.000000188. The number of amides is 2. The van der Waals surface area contributed by atoms with Crippen molar-refractivity contribution < 1.29 is 19.5 Å². The highest BCUT2D eigenvalue weighted by Crippen LogP contribution is 2.47. The second kappa shape index (κ2) is 18.5. The Hall–Kier alpha value is -3.75. The van der Waals surface area contributed by atoms with Gasteiger partial charge in [-0.25, -0.2) is 4.79 Å².